The number of hydrogen-bond acceptors (Lipinski definition) is 3. The molecule has 6 heteroatoms. The molecule has 0 saturated heterocycles. The summed E-state index contributed by atoms with van der Waals surface area (Å²) < 4.78 is 13.4. The first kappa shape index (κ1) is 13.0. The smallest absolute Gasteiger partial charge is 0.276 e. The van der Waals surface area contributed by atoms with Gasteiger partial charge in [0.25, 0.3) is 5.91 Å². The zero-order valence-corrected chi connectivity index (χ0v) is 11.6. The Labute approximate surface area is 125 Å². The third kappa shape index (κ3) is 2.14. The van der Waals surface area contributed by atoms with Gasteiger partial charge in [0.1, 0.15) is 5.82 Å². The number of halogens is 1. The van der Waals surface area contributed by atoms with E-state index in [0.717, 1.165) is 13.1 Å². The van der Waals surface area contributed by atoms with E-state index in [0.29, 0.717) is 16.6 Å². The van der Waals surface area contributed by atoms with Gasteiger partial charge in [-0.05, 0) is 41.5 Å². The van der Waals surface area contributed by atoms with Crippen molar-refractivity contribution in [3.63, 3.8) is 0 Å². The Hall–Kier alpha value is -2.73. The Morgan fingerprint density at radius 1 is 1.14 bits per heavy atom. The van der Waals surface area contributed by atoms with Gasteiger partial charge in [0.15, 0.2) is 5.69 Å². The highest BCUT2D eigenvalue weighted by atomic mass is 19.1. The molecule has 0 saturated carbocycles. The number of amides is 1. The van der Waals surface area contributed by atoms with Crippen LogP contribution in [-0.2, 0) is 13.1 Å². The van der Waals surface area contributed by atoms with Crippen LogP contribution >= 0.6 is 0 Å². The van der Waals surface area contributed by atoms with Gasteiger partial charge in [-0.25, -0.2) is 4.39 Å². The second kappa shape index (κ2) is 4.92. The predicted octanol–water partition coefficient (Wildman–Crippen LogP) is 2.56. The zero-order valence-electron chi connectivity index (χ0n) is 11.6. The maximum Gasteiger partial charge on any atom is 0.276 e. The highest BCUT2D eigenvalue weighted by molar-refractivity contribution is 6.11. The van der Waals surface area contributed by atoms with Gasteiger partial charge in [0, 0.05) is 24.2 Å². The summed E-state index contributed by atoms with van der Waals surface area (Å²) in [6.07, 6.45) is 0. The minimum atomic E-state index is -0.397. The maximum absolute atomic E-state index is 13.4. The number of anilines is 1. The molecule has 0 aliphatic carbocycles. The summed E-state index contributed by atoms with van der Waals surface area (Å²) in [5.74, 6) is -0.755. The fourth-order valence-corrected chi connectivity index (χ4v) is 2.72. The molecule has 2 heterocycles. The van der Waals surface area contributed by atoms with Crippen LogP contribution in [0.1, 0.15) is 21.6 Å². The van der Waals surface area contributed by atoms with Gasteiger partial charge >= 0.3 is 0 Å². The average Bonchev–Trinajstić information content (AvgIpc) is 3.12. The summed E-state index contributed by atoms with van der Waals surface area (Å²) in [5.41, 5.74) is 3.94. The second-order valence-corrected chi connectivity index (χ2v) is 5.30. The van der Waals surface area contributed by atoms with Crippen LogP contribution in [0, 0.1) is 5.82 Å². The first-order valence-electron chi connectivity index (χ1n) is 6.98. The van der Waals surface area contributed by atoms with Crippen LogP contribution in [0.5, 0.6) is 0 Å². The highest BCUT2D eigenvalue weighted by Gasteiger charge is 2.16. The number of fused-ring (bicyclic) bond motifs is 2. The monoisotopic (exact) mass is 296 g/mol. The molecule has 1 aliphatic rings. The first-order valence-corrected chi connectivity index (χ1v) is 6.98. The number of carbonyl (C=O) groups is 1. The van der Waals surface area contributed by atoms with Crippen molar-refractivity contribution in [3.8, 4) is 0 Å². The van der Waals surface area contributed by atoms with Crippen molar-refractivity contribution in [2.45, 2.75) is 13.1 Å². The quantitative estimate of drug-likeness (QED) is 0.680. The molecule has 0 radical (unpaired) electrons. The number of benzene rings is 2. The lowest BCUT2D eigenvalue weighted by Crippen LogP contribution is -2.13. The minimum Gasteiger partial charge on any atom is -0.321 e. The zero-order chi connectivity index (χ0) is 15.1. The van der Waals surface area contributed by atoms with Gasteiger partial charge in [0.2, 0.25) is 0 Å². The van der Waals surface area contributed by atoms with Crippen LogP contribution in [0.2, 0.25) is 0 Å². The fraction of sp³-hybridized carbons (Fsp3) is 0.125. The Bertz CT molecular complexity index is 887. The standard InChI is InChI=1S/C16H13FN4O/c17-11-2-4-14-13(6-11)15(21-20-14)16(22)19-12-3-1-9-7-18-8-10(9)5-12/h1-6,18H,7-8H2,(H,19,22)(H,20,21). The van der Waals surface area contributed by atoms with E-state index in [1.807, 2.05) is 18.2 Å². The third-order valence-electron chi connectivity index (χ3n) is 3.84. The number of nitrogens with one attached hydrogen (secondary N) is 3. The molecule has 1 amide bonds. The molecule has 1 aromatic heterocycles. The summed E-state index contributed by atoms with van der Waals surface area (Å²) >= 11 is 0. The number of carbonyl (C=O) groups excluding carboxylic acids is 1. The van der Waals surface area contributed by atoms with E-state index in [1.165, 1.54) is 23.3 Å². The van der Waals surface area contributed by atoms with Gasteiger partial charge in [-0.1, -0.05) is 6.07 Å². The molecule has 3 aromatic rings. The summed E-state index contributed by atoms with van der Waals surface area (Å²) in [7, 11) is 0. The molecule has 1 aliphatic heterocycles. The van der Waals surface area contributed by atoms with Crippen LogP contribution in [-0.4, -0.2) is 16.1 Å². The number of aromatic amines is 1. The lowest BCUT2D eigenvalue weighted by molar-refractivity contribution is 0.102. The number of aromatic nitrogens is 2. The van der Waals surface area contributed by atoms with Crippen molar-refractivity contribution >= 4 is 22.5 Å². The lowest BCUT2D eigenvalue weighted by atomic mass is 10.1. The Morgan fingerprint density at radius 3 is 2.91 bits per heavy atom. The van der Waals surface area contributed by atoms with Crippen molar-refractivity contribution in [1.82, 2.24) is 15.5 Å². The molecule has 5 nitrogen and oxygen atoms in total. The maximum atomic E-state index is 13.4. The van der Waals surface area contributed by atoms with Crippen LogP contribution in [0.3, 0.4) is 0 Å². The van der Waals surface area contributed by atoms with Gasteiger partial charge < -0.3 is 10.6 Å². The van der Waals surface area contributed by atoms with Crippen LogP contribution in [0.25, 0.3) is 10.9 Å². The average molecular weight is 296 g/mol. The molecule has 0 fully saturated rings. The van der Waals surface area contributed by atoms with E-state index in [1.54, 1.807) is 6.07 Å². The molecular formula is C16H13FN4O. The summed E-state index contributed by atoms with van der Waals surface area (Å²) in [6.45, 7) is 1.66. The van der Waals surface area contributed by atoms with Crippen LogP contribution in [0.15, 0.2) is 36.4 Å². The van der Waals surface area contributed by atoms with Crippen LogP contribution in [0.4, 0.5) is 10.1 Å². The predicted molar refractivity (Wildman–Crippen MR) is 81.0 cm³/mol. The number of rotatable bonds is 2. The second-order valence-electron chi connectivity index (χ2n) is 5.30. The SMILES string of the molecule is O=C(Nc1ccc2c(c1)CNC2)c1n[nH]c2ccc(F)cc12. The molecule has 2 aromatic carbocycles. The molecule has 0 atom stereocenters. The van der Waals surface area contributed by atoms with Gasteiger partial charge in [-0.3, -0.25) is 9.89 Å². The molecule has 0 bridgehead atoms. The first-order chi connectivity index (χ1) is 10.7. The summed E-state index contributed by atoms with van der Waals surface area (Å²) in [5, 5.41) is 13.3. The normalized spacial score (nSPS) is 13.3. The molecule has 0 spiro atoms. The molecule has 0 unspecified atom stereocenters. The van der Waals surface area contributed by atoms with E-state index >= 15 is 0 Å². The van der Waals surface area contributed by atoms with Crippen molar-refractivity contribution in [2.75, 3.05) is 5.32 Å². The third-order valence-corrected chi connectivity index (χ3v) is 3.84. The molecule has 110 valence electrons. The molecular weight excluding hydrogens is 283 g/mol. The topological polar surface area (TPSA) is 69.8 Å². The van der Waals surface area contributed by atoms with Crippen molar-refractivity contribution in [2.24, 2.45) is 0 Å². The van der Waals surface area contributed by atoms with E-state index < -0.39 is 5.82 Å². The summed E-state index contributed by atoms with van der Waals surface area (Å²) in [4.78, 5) is 12.4. The Morgan fingerprint density at radius 2 is 2.00 bits per heavy atom. The number of H-pyrrole nitrogens is 1. The highest BCUT2D eigenvalue weighted by Crippen LogP contribution is 2.22. The number of hydrogen-bond donors (Lipinski definition) is 3. The van der Waals surface area contributed by atoms with Gasteiger partial charge in [0.05, 0.1) is 5.52 Å². The van der Waals surface area contributed by atoms with E-state index in [4.69, 9.17) is 0 Å². The van der Waals surface area contributed by atoms with E-state index in [-0.39, 0.29) is 11.6 Å². The van der Waals surface area contributed by atoms with Crippen molar-refractivity contribution in [1.29, 1.82) is 0 Å². The largest absolute Gasteiger partial charge is 0.321 e. The van der Waals surface area contributed by atoms with Gasteiger partial charge in [-0.2, -0.15) is 5.10 Å². The van der Waals surface area contributed by atoms with Crippen molar-refractivity contribution < 1.29 is 9.18 Å². The fourth-order valence-electron chi connectivity index (χ4n) is 2.72. The van der Waals surface area contributed by atoms with E-state index in [9.17, 15) is 9.18 Å². The van der Waals surface area contributed by atoms with Gasteiger partial charge in [-0.15, -0.1) is 0 Å². The molecule has 3 N–H and O–H groups in total. The van der Waals surface area contributed by atoms with Crippen molar-refractivity contribution in [3.05, 3.63) is 59.0 Å². The molecule has 22 heavy (non-hydrogen) atoms. The number of nitrogens with zero attached hydrogens (tertiary/aromatic N) is 1. The summed E-state index contributed by atoms with van der Waals surface area (Å²) in [6, 6.07) is 10.0. The lowest BCUT2D eigenvalue weighted by Gasteiger charge is -2.06. The van der Waals surface area contributed by atoms with E-state index in [2.05, 4.69) is 20.8 Å². The Balaban J connectivity index is 1.65. The molecule has 4 rings (SSSR count). The minimum absolute atomic E-state index is 0.188. The van der Waals surface area contributed by atoms with Crippen LogP contribution < -0.4 is 10.6 Å². The Kier molecular flexibility index (Phi) is 2.90.